The minimum atomic E-state index is -0.823. The average molecular weight is 374 g/mol. The molecular formula is C19H18O8. The highest BCUT2D eigenvalue weighted by Gasteiger charge is 2.24. The number of hydrogen-bond acceptors (Lipinski definition) is 8. The third-order valence-electron chi connectivity index (χ3n) is 4.13. The molecule has 3 aromatic rings. The quantitative estimate of drug-likeness (QED) is 0.702. The zero-order chi connectivity index (χ0) is 19.7. The fraction of sp³-hybridized carbons (Fsp3) is 0.211. The van der Waals surface area contributed by atoms with Gasteiger partial charge in [0.05, 0.1) is 28.4 Å². The summed E-state index contributed by atoms with van der Waals surface area (Å²) >= 11 is 0. The van der Waals surface area contributed by atoms with E-state index in [4.69, 9.17) is 23.4 Å². The molecule has 0 radical (unpaired) electrons. The Labute approximate surface area is 154 Å². The number of benzene rings is 2. The van der Waals surface area contributed by atoms with E-state index in [1.54, 1.807) is 18.2 Å². The fourth-order valence-electron chi connectivity index (χ4n) is 2.77. The summed E-state index contributed by atoms with van der Waals surface area (Å²) < 4.78 is 26.5. The van der Waals surface area contributed by atoms with Crippen molar-refractivity contribution < 1.29 is 33.6 Å². The Balaban J connectivity index is 2.37. The maximum atomic E-state index is 12.7. The maximum Gasteiger partial charge on any atom is 0.239 e. The van der Waals surface area contributed by atoms with Gasteiger partial charge in [-0.15, -0.1) is 0 Å². The van der Waals surface area contributed by atoms with Gasteiger partial charge < -0.3 is 33.6 Å². The Bertz CT molecular complexity index is 1070. The number of ether oxygens (including phenoxy) is 4. The van der Waals surface area contributed by atoms with Crippen molar-refractivity contribution in [3.05, 3.63) is 34.5 Å². The monoisotopic (exact) mass is 374 g/mol. The smallest absolute Gasteiger partial charge is 0.239 e. The lowest BCUT2D eigenvalue weighted by Crippen LogP contribution is -2.05. The molecular weight excluding hydrogens is 356 g/mol. The van der Waals surface area contributed by atoms with E-state index in [0.717, 1.165) is 0 Å². The summed E-state index contributed by atoms with van der Waals surface area (Å²) in [5, 5.41) is 20.5. The highest BCUT2D eigenvalue weighted by molar-refractivity contribution is 5.93. The molecule has 3 rings (SSSR count). The minimum Gasteiger partial charge on any atom is -0.504 e. The van der Waals surface area contributed by atoms with Crippen LogP contribution in [-0.4, -0.2) is 38.7 Å². The van der Waals surface area contributed by atoms with E-state index >= 15 is 0 Å². The van der Waals surface area contributed by atoms with Crippen molar-refractivity contribution in [2.75, 3.05) is 28.4 Å². The largest absolute Gasteiger partial charge is 0.504 e. The summed E-state index contributed by atoms with van der Waals surface area (Å²) in [4.78, 5) is 12.7. The van der Waals surface area contributed by atoms with Crippen LogP contribution in [0, 0.1) is 0 Å². The molecule has 1 aromatic heterocycles. The molecule has 0 aliphatic carbocycles. The molecule has 2 aromatic carbocycles. The van der Waals surface area contributed by atoms with E-state index in [1.165, 1.54) is 34.5 Å². The lowest BCUT2D eigenvalue weighted by molar-refractivity contribution is 0.355. The molecule has 8 heteroatoms. The molecule has 0 saturated carbocycles. The van der Waals surface area contributed by atoms with Gasteiger partial charge in [0.1, 0.15) is 5.39 Å². The second-order valence-corrected chi connectivity index (χ2v) is 5.51. The number of hydrogen-bond donors (Lipinski definition) is 2. The lowest BCUT2D eigenvalue weighted by atomic mass is 10.1. The highest BCUT2D eigenvalue weighted by Crippen LogP contribution is 2.43. The summed E-state index contributed by atoms with van der Waals surface area (Å²) in [6.07, 6.45) is 0. The molecule has 0 spiro atoms. The summed E-state index contributed by atoms with van der Waals surface area (Å²) in [5.41, 5.74) is -0.472. The first-order chi connectivity index (χ1) is 13.0. The molecule has 8 nitrogen and oxygen atoms in total. The molecule has 0 fully saturated rings. The molecule has 1 heterocycles. The zero-order valence-corrected chi connectivity index (χ0v) is 15.2. The van der Waals surface area contributed by atoms with Crippen LogP contribution < -0.4 is 24.4 Å². The Morgan fingerprint density at radius 2 is 1.41 bits per heavy atom. The number of phenols is 1. The van der Waals surface area contributed by atoms with Gasteiger partial charge in [-0.25, -0.2) is 0 Å². The van der Waals surface area contributed by atoms with E-state index in [2.05, 4.69) is 0 Å². The molecule has 142 valence electrons. The third kappa shape index (κ3) is 2.84. The van der Waals surface area contributed by atoms with E-state index in [1.807, 2.05) is 0 Å². The minimum absolute atomic E-state index is 0.0184. The fourth-order valence-corrected chi connectivity index (χ4v) is 2.77. The van der Waals surface area contributed by atoms with Crippen LogP contribution in [-0.2, 0) is 0 Å². The summed E-state index contributed by atoms with van der Waals surface area (Å²) in [5.74, 6) is -0.165. The van der Waals surface area contributed by atoms with Crippen LogP contribution in [0.2, 0.25) is 0 Å². The van der Waals surface area contributed by atoms with Crippen molar-refractivity contribution >= 4 is 11.0 Å². The molecule has 0 bridgehead atoms. The van der Waals surface area contributed by atoms with Gasteiger partial charge in [-0.1, -0.05) is 0 Å². The molecule has 0 aliphatic rings. The van der Waals surface area contributed by atoms with Crippen molar-refractivity contribution in [1.29, 1.82) is 0 Å². The summed E-state index contributed by atoms with van der Waals surface area (Å²) in [6.45, 7) is 0. The van der Waals surface area contributed by atoms with Gasteiger partial charge >= 0.3 is 0 Å². The van der Waals surface area contributed by atoms with Crippen molar-refractivity contribution in [3.8, 4) is 45.8 Å². The summed E-state index contributed by atoms with van der Waals surface area (Å²) in [7, 11) is 5.67. The van der Waals surface area contributed by atoms with Gasteiger partial charge in [0.15, 0.2) is 40.1 Å². The van der Waals surface area contributed by atoms with Gasteiger partial charge in [-0.3, -0.25) is 4.79 Å². The predicted octanol–water partition coefficient (Wildman–Crippen LogP) is 2.91. The number of rotatable bonds is 5. The van der Waals surface area contributed by atoms with Crippen LogP contribution in [0.1, 0.15) is 0 Å². The Hall–Kier alpha value is -3.55. The second-order valence-electron chi connectivity index (χ2n) is 5.51. The average Bonchev–Trinajstić information content (AvgIpc) is 2.70. The lowest BCUT2D eigenvalue weighted by Gasteiger charge is -2.13. The standard InChI is InChI=1S/C19H18O8/c1-23-10-6-5-9(7-11(10)24-2)18-17(22)16(21)14-15(20)12(25-3)8-13(26-4)19(14)27-18/h5-8,20,22H,1-4H3. The first kappa shape index (κ1) is 18.2. The number of aromatic hydroxyl groups is 2. The Morgan fingerprint density at radius 1 is 0.778 bits per heavy atom. The van der Waals surface area contributed by atoms with Crippen molar-refractivity contribution in [1.82, 2.24) is 0 Å². The van der Waals surface area contributed by atoms with Crippen LogP contribution in [0.15, 0.2) is 33.5 Å². The van der Waals surface area contributed by atoms with Crippen LogP contribution >= 0.6 is 0 Å². The van der Waals surface area contributed by atoms with Gasteiger partial charge in [0, 0.05) is 11.6 Å². The van der Waals surface area contributed by atoms with E-state index < -0.39 is 16.9 Å². The molecule has 0 atom stereocenters. The normalized spacial score (nSPS) is 10.7. The molecule has 2 N–H and O–H groups in total. The number of methoxy groups -OCH3 is 4. The molecule has 0 saturated heterocycles. The summed E-state index contributed by atoms with van der Waals surface area (Å²) in [6, 6.07) is 6.15. The Kier molecular flexibility index (Phi) is 4.72. The van der Waals surface area contributed by atoms with E-state index in [0.29, 0.717) is 17.1 Å². The van der Waals surface area contributed by atoms with Crippen LogP contribution in [0.25, 0.3) is 22.3 Å². The van der Waals surface area contributed by atoms with Gasteiger partial charge in [0.2, 0.25) is 11.2 Å². The molecule has 27 heavy (non-hydrogen) atoms. The zero-order valence-electron chi connectivity index (χ0n) is 15.2. The van der Waals surface area contributed by atoms with Crippen molar-refractivity contribution in [3.63, 3.8) is 0 Å². The predicted molar refractivity (Wildman–Crippen MR) is 97.5 cm³/mol. The van der Waals surface area contributed by atoms with Gasteiger partial charge in [0.25, 0.3) is 0 Å². The van der Waals surface area contributed by atoms with E-state index in [-0.39, 0.29) is 28.2 Å². The van der Waals surface area contributed by atoms with Gasteiger partial charge in [-0.05, 0) is 18.2 Å². The van der Waals surface area contributed by atoms with Crippen LogP contribution in [0.4, 0.5) is 0 Å². The van der Waals surface area contributed by atoms with Crippen molar-refractivity contribution in [2.24, 2.45) is 0 Å². The third-order valence-corrected chi connectivity index (χ3v) is 4.13. The van der Waals surface area contributed by atoms with E-state index in [9.17, 15) is 15.0 Å². The highest BCUT2D eigenvalue weighted by atomic mass is 16.5. The number of phenolic OH excluding ortho intramolecular Hbond substituents is 1. The first-order valence-corrected chi connectivity index (χ1v) is 7.82. The SMILES string of the molecule is COc1ccc(-c2oc3c(OC)cc(OC)c(O)c3c(=O)c2O)cc1OC. The van der Waals surface area contributed by atoms with Crippen LogP contribution in [0.3, 0.4) is 0 Å². The molecule has 0 amide bonds. The first-order valence-electron chi connectivity index (χ1n) is 7.82. The maximum absolute atomic E-state index is 12.7. The topological polar surface area (TPSA) is 108 Å². The molecule has 0 aliphatic heterocycles. The van der Waals surface area contributed by atoms with Gasteiger partial charge in [-0.2, -0.15) is 0 Å². The second kappa shape index (κ2) is 6.99. The van der Waals surface area contributed by atoms with Crippen LogP contribution in [0.5, 0.6) is 34.5 Å². The number of fused-ring (bicyclic) bond motifs is 1. The molecule has 0 unspecified atom stereocenters. The van der Waals surface area contributed by atoms with Crippen molar-refractivity contribution in [2.45, 2.75) is 0 Å². The Morgan fingerprint density at radius 3 is 2.00 bits per heavy atom.